The summed E-state index contributed by atoms with van der Waals surface area (Å²) >= 11 is 7.60. The molecule has 1 atom stereocenters. The van der Waals surface area contributed by atoms with E-state index in [-0.39, 0.29) is 17.9 Å². The zero-order chi connectivity index (χ0) is 33.2. The Hall–Kier alpha value is -2.23. The normalized spacial score (nSPS) is 16.2. The third-order valence-electron chi connectivity index (χ3n) is 7.20. The fourth-order valence-electron chi connectivity index (χ4n) is 5.16. The second kappa shape index (κ2) is 27.1. The average molecular weight is 654 g/mol. The highest BCUT2D eigenvalue weighted by Crippen LogP contribution is 2.27. The second-order valence-corrected chi connectivity index (χ2v) is 12.4. The van der Waals surface area contributed by atoms with Crippen molar-refractivity contribution >= 4 is 47.2 Å². The average Bonchev–Trinajstić information content (AvgIpc) is 3.39. The van der Waals surface area contributed by atoms with Gasteiger partial charge in [0, 0.05) is 50.1 Å². The molecule has 3 N–H and O–H groups in total. The van der Waals surface area contributed by atoms with Crippen LogP contribution in [-0.4, -0.2) is 67.4 Å². The molecule has 0 radical (unpaired) electrons. The zero-order valence-corrected chi connectivity index (χ0v) is 30.0. The quantitative estimate of drug-likeness (QED) is 0.157. The van der Waals surface area contributed by atoms with Crippen LogP contribution in [0.25, 0.3) is 6.08 Å². The van der Waals surface area contributed by atoms with Crippen LogP contribution in [0.15, 0.2) is 17.2 Å². The monoisotopic (exact) mass is 653 g/mol. The molecular weight excluding hydrogens is 594 g/mol. The molecule has 252 valence electrons. The largest absolute Gasteiger partial charge is 0.362 e. The first-order valence-electron chi connectivity index (χ1n) is 16.7. The lowest BCUT2D eigenvalue weighted by Crippen LogP contribution is -2.44. The Kier molecular flexibility index (Phi) is 25.7. The Bertz CT molecular complexity index is 966. The number of piperidine rings is 1. The number of aryl methyl sites for hydroxylation is 2. The van der Waals surface area contributed by atoms with Crippen molar-refractivity contribution in [3.63, 3.8) is 0 Å². The van der Waals surface area contributed by atoms with Crippen molar-refractivity contribution < 1.29 is 14.4 Å². The molecule has 1 aromatic heterocycles. The molecule has 1 aliphatic carbocycles. The molecule has 0 bridgehead atoms. The van der Waals surface area contributed by atoms with E-state index in [9.17, 15) is 9.59 Å². The number of hydrogen-bond donors (Lipinski definition) is 3. The van der Waals surface area contributed by atoms with E-state index in [1.165, 1.54) is 51.4 Å². The Labute approximate surface area is 276 Å². The number of aromatic nitrogens is 1. The number of halogens is 1. The maximum atomic E-state index is 12.8. The SMILES string of the molecule is C/C(Cl)=C\c1sc(CCC(=O)NC(CNC(=O)/C=C/CN2CCCCC2)CC2CCCCC2)nc1C.CC.CC.CNC=O. The molecule has 2 fully saturated rings. The van der Waals surface area contributed by atoms with Gasteiger partial charge in [-0.25, -0.2) is 4.98 Å². The summed E-state index contributed by atoms with van der Waals surface area (Å²) in [6, 6.07) is -0.0459. The molecule has 0 aromatic carbocycles. The van der Waals surface area contributed by atoms with E-state index >= 15 is 0 Å². The molecular formula is C34H60ClN5O3S. The molecule has 44 heavy (non-hydrogen) atoms. The summed E-state index contributed by atoms with van der Waals surface area (Å²) in [7, 11) is 1.56. The predicted octanol–water partition coefficient (Wildman–Crippen LogP) is 7.01. The van der Waals surface area contributed by atoms with Gasteiger partial charge in [-0.1, -0.05) is 83.9 Å². The molecule has 3 amide bonds. The molecule has 10 heteroatoms. The van der Waals surface area contributed by atoms with Crippen LogP contribution in [0.1, 0.15) is 114 Å². The van der Waals surface area contributed by atoms with Crippen molar-refractivity contribution in [3.8, 4) is 0 Å². The first-order valence-corrected chi connectivity index (χ1v) is 17.9. The lowest BCUT2D eigenvalue weighted by molar-refractivity contribution is -0.122. The number of nitrogens with zero attached hydrogens (tertiary/aromatic N) is 2. The zero-order valence-electron chi connectivity index (χ0n) is 28.5. The van der Waals surface area contributed by atoms with E-state index < -0.39 is 0 Å². The number of amides is 3. The number of hydrogen-bond acceptors (Lipinski definition) is 6. The minimum absolute atomic E-state index is 0.0177. The third-order valence-corrected chi connectivity index (χ3v) is 8.48. The Morgan fingerprint density at radius 3 is 2.27 bits per heavy atom. The summed E-state index contributed by atoms with van der Waals surface area (Å²) in [6.45, 7) is 15.3. The number of carbonyl (C=O) groups excluding carboxylic acids is 3. The standard InChI is InChI=1S/C28H43ClN4O2S.C2H5NO.2C2H6/c1-21(29)18-25-22(2)31-28(36-25)14-13-27(35)32-24(19-23-10-5-3-6-11-23)20-30-26(34)12-9-17-33-15-7-4-8-16-33;1-3-2-4;2*1-2/h9,12,18,23-24H,3-8,10-11,13-17,19-20H2,1-2H3,(H,30,34)(H,32,35);2H,1H3,(H,3,4);2*1-2H3/b12-9+,21-18+;;;. The highest BCUT2D eigenvalue weighted by Gasteiger charge is 2.21. The van der Waals surface area contributed by atoms with Gasteiger partial charge >= 0.3 is 0 Å². The Morgan fingerprint density at radius 2 is 1.68 bits per heavy atom. The molecule has 3 rings (SSSR count). The number of carbonyl (C=O) groups is 3. The molecule has 2 aliphatic rings. The highest BCUT2D eigenvalue weighted by atomic mass is 35.5. The van der Waals surface area contributed by atoms with Gasteiger partial charge in [-0.15, -0.1) is 11.3 Å². The van der Waals surface area contributed by atoms with E-state index in [0.717, 1.165) is 46.7 Å². The van der Waals surface area contributed by atoms with E-state index in [1.807, 2.05) is 53.7 Å². The molecule has 1 aromatic rings. The van der Waals surface area contributed by atoms with Gasteiger partial charge in [0.2, 0.25) is 18.2 Å². The van der Waals surface area contributed by atoms with Gasteiger partial charge < -0.3 is 16.0 Å². The van der Waals surface area contributed by atoms with Crippen LogP contribution < -0.4 is 16.0 Å². The first-order chi connectivity index (χ1) is 21.3. The smallest absolute Gasteiger partial charge is 0.243 e. The number of allylic oxidation sites excluding steroid dienone is 1. The fourth-order valence-corrected chi connectivity index (χ4v) is 6.40. The predicted molar refractivity (Wildman–Crippen MR) is 188 cm³/mol. The van der Waals surface area contributed by atoms with Gasteiger partial charge in [-0.3, -0.25) is 19.3 Å². The Morgan fingerprint density at radius 1 is 1.07 bits per heavy atom. The second-order valence-electron chi connectivity index (χ2n) is 10.7. The van der Waals surface area contributed by atoms with Crippen molar-refractivity contribution in [3.05, 3.63) is 32.8 Å². The van der Waals surface area contributed by atoms with Crippen LogP contribution in [0.3, 0.4) is 0 Å². The lowest BCUT2D eigenvalue weighted by atomic mass is 9.84. The van der Waals surface area contributed by atoms with Crippen LogP contribution in [-0.2, 0) is 20.8 Å². The van der Waals surface area contributed by atoms with E-state index in [2.05, 4.69) is 25.8 Å². The topological polar surface area (TPSA) is 103 Å². The molecule has 8 nitrogen and oxygen atoms in total. The van der Waals surface area contributed by atoms with Gasteiger partial charge in [0.05, 0.1) is 15.6 Å². The minimum atomic E-state index is -0.0802. The third kappa shape index (κ3) is 19.9. The van der Waals surface area contributed by atoms with Crippen LogP contribution in [0.4, 0.5) is 0 Å². The van der Waals surface area contributed by atoms with Crippen molar-refractivity contribution in [2.24, 2.45) is 5.92 Å². The summed E-state index contributed by atoms with van der Waals surface area (Å²) in [4.78, 5) is 42.4. The molecule has 1 unspecified atom stereocenters. The van der Waals surface area contributed by atoms with Crippen molar-refractivity contribution in [1.29, 1.82) is 0 Å². The number of thiazole rings is 1. The maximum absolute atomic E-state index is 12.8. The number of likely N-dealkylation sites (tertiary alicyclic amines) is 1. The molecule has 1 saturated heterocycles. The van der Waals surface area contributed by atoms with Crippen molar-refractivity contribution in [2.75, 3.05) is 33.2 Å². The van der Waals surface area contributed by atoms with Crippen molar-refractivity contribution in [1.82, 2.24) is 25.8 Å². The summed E-state index contributed by atoms with van der Waals surface area (Å²) in [5, 5.41) is 10.2. The molecule has 1 saturated carbocycles. The van der Waals surface area contributed by atoms with Gasteiger partial charge in [-0.05, 0) is 58.2 Å². The van der Waals surface area contributed by atoms with Gasteiger partial charge in [-0.2, -0.15) is 0 Å². The summed E-state index contributed by atoms with van der Waals surface area (Å²) in [5.74, 6) is 0.554. The van der Waals surface area contributed by atoms with Crippen LogP contribution >= 0.6 is 22.9 Å². The van der Waals surface area contributed by atoms with Crippen LogP contribution in [0, 0.1) is 12.8 Å². The number of rotatable bonds is 13. The fraction of sp³-hybridized carbons (Fsp3) is 0.706. The minimum Gasteiger partial charge on any atom is -0.362 e. The van der Waals surface area contributed by atoms with E-state index in [0.29, 0.717) is 31.7 Å². The van der Waals surface area contributed by atoms with Crippen molar-refractivity contribution in [2.45, 2.75) is 118 Å². The molecule has 2 heterocycles. The summed E-state index contributed by atoms with van der Waals surface area (Å²) in [5.41, 5.74) is 0.946. The van der Waals surface area contributed by atoms with Gasteiger partial charge in [0.25, 0.3) is 0 Å². The highest BCUT2D eigenvalue weighted by molar-refractivity contribution is 7.12. The first kappa shape index (κ1) is 41.8. The molecule has 0 spiro atoms. The summed E-state index contributed by atoms with van der Waals surface area (Å²) < 4.78 is 0. The summed E-state index contributed by atoms with van der Waals surface area (Å²) in [6.07, 6.45) is 18.1. The number of nitrogens with one attached hydrogen (secondary N) is 3. The van der Waals surface area contributed by atoms with E-state index in [4.69, 9.17) is 16.4 Å². The van der Waals surface area contributed by atoms with Gasteiger partial charge in [0.1, 0.15) is 0 Å². The Balaban J connectivity index is 0.00000210. The molecule has 1 aliphatic heterocycles. The van der Waals surface area contributed by atoms with Crippen LogP contribution in [0.5, 0.6) is 0 Å². The maximum Gasteiger partial charge on any atom is 0.243 e. The van der Waals surface area contributed by atoms with Gasteiger partial charge in [0.15, 0.2) is 0 Å². The van der Waals surface area contributed by atoms with E-state index in [1.54, 1.807) is 24.5 Å². The lowest BCUT2D eigenvalue weighted by Gasteiger charge is -2.27. The van der Waals surface area contributed by atoms with Crippen LogP contribution in [0.2, 0.25) is 0 Å².